The zero-order valence-corrected chi connectivity index (χ0v) is 15.6. The summed E-state index contributed by atoms with van der Waals surface area (Å²) in [5, 5.41) is 6.50. The fraction of sp³-hybridized carbons (Fsp3) is 0.190. The molecule has 0 unspecified atom stereocenters. The van der Waals surface area contributed by atoms with E-state index >= 15 is 0 Å². The third-order valence-corrected chi connectivity index (χ3v) is 3.97. The number of esters is 1. The summed E-state index contributed by atoms with van der Waals surface area (Å²) in [6.45, 7) is 4.68. The van der Waals surface area contributed by atoms with Gasteiger partial charge < -0.3 is 15.4 Å². The van der Waals surface area contributed by atoms with Gasteiger partial charge in [-0.2, -0.15) is 4.98 Å². The highest BCUT2D eigenvalue weighted by Crippen LogP contribution is 2.17. The molecule has 3 rings (SSSR count). The monoisotopic (exact) mass is 362 g/mol. The Kier molecular flexibility index (Phi) is 5.66. The van der Waals surface area contributed by atoms with Crippen LogP contribution in [-0.2, 0) is 11.3 Å². The number of methoxy groups -OCH3 is 1. The number of benzene rings is 2. The molecule has 0 saturated heterocycles. The largest absolute Gasteiger partial charge is 0.465 e. The lowest BCUT2D eigenvalue weighted by Crippen LogP contribution is -2.06. The molecular formula is C21H22N4O2. The normalized spacial score (nSPS) is 10.3. The average Bonchev–Trinajstić information content (AvgIpc) is 2.66. The molecule has 27 heavy (non-hydrogen) atoms. The third-order valence-electron chi connectivity index (χ3n) is 3.97. The number of nitrogens with zero attached hydrogens (tertiary/aromatic N) is 2. The van der Waals surface area contributed by atoms with Crippen LogP contribution in [0, 0.1) is 13.8 Å². The Morgan fingerprint density at radius 3 is 2.52 bits per heavy atom. The summed E-state index contributed by atoms with van der Waals surface area (Å²) in [5.41, 5.74) is 4.56. The summed E-state index contributed by atoms with van der Waals surface area (Å²) < 4.78 is 4.70. The number of ether oxygens (including phenoxy) is 1. The topological polar surface area (TPSA) is 76.1 Å². The highest BCUT2D eigenvalue weighted by Gasteiger charge is 2.06. The molecule has 0 aliphatic carbocycles. The van der Waals surface area contributed by atoms with Crippen LogP contribution >= 0.6 is 0 Å². The summed E-state index contributed by atoms with van der Waals surface area (Å²) >= 11 is 0. The van der Waals surface area contributed by atoms with Crippen LogP contribution in [0.25, 0.3) is 0 Å². The van der Waals surface area contributed by atoms with Gasteiger partial charge in [-0.3, -0.25) is 0 Å². The van der Waals surface area contributed by atoms with Gasteiger partial charge in [0.15, 0.2) is 0 Å². The lowest BCUT2D eigenvalue weighted by Gasteiger charge is -2.11. The van der Waals surface area contributed by atoms with Crippen LogP contribution in [0.2, 0.25) is 0 Å². The van der Waals surface area contributed by atoms with Crippen molar-refractivity contribution in [2.24, 2.45) is 0 Å². The van der Waals surface area contributed by atoms with E-state index in [4.69, 9.17) is 4.74 Å². The first-order valence-electron chi connectivity index (χ1n) is 8.64. The zero-order valence-electron chi connectivity index (χ0n) is 15.6. The van der Waals surface area contributed by atoms with Crippen LogP contribution in [0.5, 0.6) is 0 Å². The standard InChI is InChI=1S/C21H22N4O2/c1-14-5-4-6-16(11-14)13-22-19-12-15(2)23-21(25-19)24-18-9-7-17(8-10-18)20(26)27-3/h4-12H,13H2,1-3H3,(H2,22,23,24,25). The van der Waals surface area contributed by atoms with Crippen LogP contribution < -0.4 is 10.6 Å². The van der Waals surface area contributed by atoms with Gasteiger partial charge in [-0.1, -0.05) is 29.8 Å². The molecule has 2 N–H and O–H groups in total. The van der Waals surface area contributed by atoms with Crippen molar-refractivity contribution in [2.75, 3.05) is 17.7 Å². The Labute approximate surface area is 158 Å². The van der Waals surface area contributed by atoms with Gasteiger partial charge in [0.2, 0.25) is 5.95 Å². The smallest absolute Gasteiger partial charge is 0.337 e. The molecule has 0 amide bonds. The third kappa shape index (κ3) is 5.04. The summed E-state index contributed by atoms with van der Waals surface area (Å²) in [5.74, 6) is 0.876. The molecule has 0 aliphatic heterocycles. The minimum Gasteiger partial charge on any atom is -0.465 e. The van der Waals surface area contributed by atoms with E-state index in [2.05, 4.69) is 45.7 Å². The van der Waals surface area contributed by atoms with Gasteiger partial charge in [-0.15, -0.1) is 0 Å². The fourth-order valence-electron chi connectivity index (χ4n) is 2.67. The molecule has 3 aromatic rings. The summed E-state index contributed by atoms with van der Waals surface area (Å²) in [4.78, 5) is 20.4. The lowest BCUT2D eigenvalue weighted by atomic mass is 10.1. The molecule has 1 aromatic heterocycles. The number of anilines is 3. The molecule has 0 radical (unpaired) electrons. The molecule has 0 saturated carbocycles. The van der Waals surface area contributed by atoms with E-state index in [1.165, 1.54) is 18.2 Å². The number of carbonyl (C=O) groups is 1. The van der Waals surface area contributed by atoms with E-state index < -0.39 is 0 Å². The Morgan fingerprint density at radius 1 is 1.04 bits per heavy atom. The average molecular weight is 362 g/mol. The van der Waals surface area contributed by atoms with E-state index in [0.29, 0.717) is 18.1 Å². The molecule has 2 aromatic carbocycles. The molecule has 0 atom stereocenters. The summed E-state index contributed by atoms with van der Waals surface area (Å²) in [7, 11) is 1.36. The van der Waals surface area contributed by atoms with Crippen molar-refractivity contribution in [1.82, 2.24) is 9.97 Å². The summed E-state index contributed by atoms with van der Waals surface area (Å²) in [6, 6.07) is 17.2. The maximum absolute atomic E-state index is 11.5. The molecule has 6 nitrogen and oxygen atoms in total. The van der Waals surface area contributed by atoms with E-state index in [0.717, 1.165) is 17.2 Å². The maximum atomic E-state index is 11.5. The van der Waals surface area contributed by atoms with Crippen molar-refractivity contribution in [3.8, 4) is 0 Å². The number of rotatable bonds is 6. The van der Waals surface area contributed by atoms with Crippen LogP contribution in [0.15, 0.2) is 54.6 Å². The van der Waals surface area contributed by atoms with Crippen molar-refractivity contribution in [1.29, 1.82) is 0 Å². The quantitative estimate of drug-likeness (QED) is 0.639. The van der Waals surface area contributed by atoms with Gasteiger partial charge in [0.25, 0.3) is 0 Å². The molecule has 0 bridgehead atoms. The van der Waals surface area contributed by atoms with Gasteiger partial charge >= 0.3 is 5.97 Å². The van der Waals surface area contributed by atoms with Gasteiger partial charge in [0.1, 0.15) is 5.82 Å². The molecule has 1 heterocycles. The second kappa shape index (κ2) is 8.31. The molecule has 6 heteroatoms. The highest BCUT2D eigenvalue weighted by molar-refractivity contribution is 5.89. The predicted molar refractivity (Wildman–Crippen MR) is 106 cm³/mol. The minimum atomic E-state index is -0.365. The van der Waals surface area contributed by atoms with Crippen LogP contribution in [0.1, 0.15) is 27.2 Å². The number of hydrogen-bond donors (Lipinski definition) is 2. The second-order valence-corrected chi connectivity index (χ2v) is 6.25. The van der Waals surface area contributed by atoms with Crippen molar-refractivity contribution >= 4 is 23.4 Å². The first-order valence-corrected chi connectivity index (χ1v) is 8.64. The predicted octanol–water partition coefficient (Wildman–Crippen LogP) is 4.24. The molecular weight excluding hydrogens is 340 g/mol. The number of aromatic nitrogens is 2. The molecule has 0 aliphatic rings. The minimum absolute atomic E-state index is 0.365. The van der Waals surface area contributed by atoms with Crippen molar-refractivity contribution < 1.29 is 9.53 Å². The van der Waals surface area contributed by atoms with Gasteiger partial charge in [-0.05, 0) is 43.7 Å². The first kappa shape index (κ1) is 18.4. The second-order valence-electron chi connectivity index (χ2n) is 6.25. The Morgan fingerprint density at radius 2 is 1.81 bits per heavy atom. The summed E-state index contributed by atoms with van der Waals surface area (Å²) in [6.07, 6.45) is 0. The fourth-order valence-corrected chi connectivity index (χ4v) is 2.67. The lowest BCUT2D eigenvalue weighted by molar-refractivity contribution is 0.0601. The van der Waals surface area contributed by atoms with Gasteiger partial charge in [-0.25, -0.2) is 9.78 Å². The Bertz CT molecular complexity index is 939. The van der Waals surface area contributed by atoms with E-state index in [9.17, 15) is 4.79 Å². The molecule has 0 fully saturated rings. The highest BCUT2D eigenvalue weighted by atomic mass is 16.5. The van der Waals surface area contributed by atoms with Gasteiger partial charge in [0, 0.05) is 24.0 Å². The number of nitrogens with one attached hydrogen (secondary N) is 2. The SMILES string of the molecule is COC(=O)c1ccc(Nc2nc(C)cc(NCc3cccc(C)c3)n2)cc1. The van der Waals surface area contributed by atoms with Gasteiger partial charge in [0.05, 0.1) is 12.7 Å². The van der Waals surface area contributed by atoms with Crippen molar-refractivity contribution in [3.63, 3.8) is 0 Å². The maximum Gasteiger partial charge on any atom is 0.337 e. The van der Waals surface area contributed by atoms with Crippen LogP contribution in [0.3, 0.4) is 0 Å². The van der Waals surface area contributed by atoms with E-state index in [1.54, 1.807) is 24.3 Å². The Balaban J connectivity index is 1.70. The molecule has 0 spiro atoms. The molecule has 138 valence electrons. The van der Waals surface area contributed by atoms with Crippen LogP contribution in [0.4, 0.5) is 17.5 Å². The first-order chi connectivity index (χ1) is 13.0. The van der Waals surface area contributed by atoms with Crippen molar-refractivity contribution in [3.05, 3.63) is 77.0 Å². The zero-order chi connectivity index (χ0) is 19.2. The van der Waals surface area contributed by atoms with Crippen molar-refractivity contribution in [2.45, 2.75) is 20.4 Å². The van der Waals surface area contributed by atoms with E-state index in [1.807, 2.05) is 19.1 Å². The number of carbonyl (C=O) groups excluding carboxylic acids is 1. The number of hydrogen-bond acceptors (Lipinski definition) is 6. The Hall–Kier alpha value is -3.41. The van der Waals surface area contributed by atoms with Crippen LogP contribution in [-0.4, -0.2) is 23.0 Å². The van der Waals surface area contributed by atoms with E-state index in [-0.39, 0.29) is 5.97 Å². The number of aryl methyl sites for hydroxylation is 2.